The summed E-state index contributed by atoms with van der Waals surface area (Å²) in [7, 11) is 0. The second-order valence-electron chi connectivity index (χ2n) is 4.85. The lowest BCUT2D eigenvalue weighted by Crippen LogP contribution is -2.20. The summed E-state index contributed by atoms with van der Waals surface area (Å²) in [5.74, 6) is 2.27. The van der Waals surface area contributed by atoms with Gasteiger partial charge in [-0.25, -0.2) is 0 Å². The normalized spacial score (nSPS) is 17.5. The van der Waals surface area contributed by atoms with Crippen molar-refractivity contribution in [2.24, 2.45) is 0 Å². The molecule has 2 nitrogen and oxygen atoms in total. The predicted molar refractivity (Wildman–Crippen MR) is 91.9 cm³/mol. The van der Waals surface area contributed by atoms with Gasteiger partial charge in [-0.2, -0.15) is 0 Å². The lowest BCUT2D eigenvalue weighted by Gasteiger charge is -2.16. The highest BCUT2D eigenvalue weighted by molar-refractivity contribution is 8.25. The molecule has 2 aliphatic heterocycles. The third-order valence-corrected chi connectivity index (χ3v) is 6.31. The Balaban J connectivity index is 1.92. The third-order valence-electron chi connectivity index (χ3n) is 3.60. The van der Waals surface area contributed by atoms with Gasteiger partial charge < -0.3 is 0 Å². The number of hydrogen-bond acceptors (Lipinski definition) is 3. The van der Waals surface area contributed by atoms with E-state index in [1.807, 2.05) is 53.4 Å². The Morgan fingerprint density at radius 3 is 2.29 bits per heavy atom. The maximum Gasteiger partial charge on any atom is 0.265 e. The summed E-state index contributed by atoms with van der Waals surface area (Å²) >= 11 is 3.60. The fourth-order valence-electron chi connectivity index (χ4n) is 2.70. The first-order valence-electron chi connectivity index (χ1n) is 6.85. The molecule has 0 bridgehead atoms. The number of benzene rings is 2. The molecule has 0 atom stereocenters. The van der Waals surface area contributed by atoms with E-state index in [-0.39, 0.29) is 5.91 Å². The van der Waals surface area contributed by atoms with Gasteiger partial charge in [-0.05, 0) is 18.2 Å². The van der Waals surface area contributed by atoms with Crippen molar-refractivity contribution in [2.75, 3.05) is 16.4 Å². The second kappa shape index (κ2) is 5.28. The smallest absolute Gasteiger partial charge is 0.265 e. The molecule has 2 aromatic rings. The van der Waals surface area contributed by atoms with Crippen LogP contribution in [0.1, 0.15) is 5.56 Å². The molecule has 1 saturated heterocycles. The molecule has 2 aliphatic rings. The average Bonchev–Trinajstić information content (AvgIpc) is 3.13. The molecule has 1 fully saturated rings. The number of thioether (sulfide) groups is 2. The second-order valence-corrected chi connectivity index (χ2v) is 7.32. The Bertz CT molecular complexity index is 731. The molecule has 0 N–H and O–H groups in total. The number of nitrogens with zero attached hydrogens (tertiary/aromatic N) is 1. The predicted octanol–water partition coefficient (Wildman–Crippen LogP) is 4.51. The Labute approximate surface area is 132 Å². The molecule has 0 aliphatic carbocycles. The fraction of sp³-hybridized carbons (Fsp3) is 0.118. The van der Waals surface area contributed by atoms with E-state index >= 15 is 0 Å². The molecule has 0 unspecified atom stereocenters. The first-order valence-corrected chi connectivity index (χ1v) is 8.82. The molecule has 0 aromatic heterocycles. The Morgan fingerprint density at radius 2 is 1.52 bits per heavy atom. The lowest BCUT2D eigenvalue weighted by atomic mass is 10.1. The van der Waals surface area contributed by atoms with Crippen LogP contribution in [0, 0.1) is 0 Å². The van der Waals surface area contributed by atoms with Crippen molar-refractivity contribution in [3.05, 3.63) is 64.4 Å². The summed E-state index contributed by atoms with van der Waals surface area (Å²) in [4.78, 5) is 14.8. The van der Waals surface area contributed by atoms with Gasteiger partial charge in [0.15, 0.2) is 0 Å². The SMILES string of the molecule is O=C1C(=C2SCCS2)c2ccccc2N1c1ccccc1. The van der Waals surface area contributed by atoms with Gasteiger partial charge in [0.05, 0.1) is 15.5 Å². The van der Waals surface area contributed by atoms with Crippen molar-refractivity contribution in [1.82, 2.24) is 0 Å². The quantitative estimate of drug-likeness (QED) is 0.723. The van der Waals surface area contributed by atoms with E-state index in [1.165, 1.54) is 4.24 Å². The minimum atomic E-state index is 0.0966. The summed E-state index contributed by atoms with van der Waals surface area (Å²) in [5.41, 5.74) is 3.85. The molecule has 1 amide bonds. The van der Waals surface area contributed by atoms with Gasteiger partial charge in [0.1, 0.15) is 0 Å². The van der Waals surface area contributed by atoms with Crippen molar-refractivity contribution in [3.8, 4) is 0 Å². The van der Waals surface area contributed by atoms with Gasteiger partial charge in [-0.1, -0.05) is 36.4 Å². The molecule has 2 heterocycles. The molecule has 0 radical (unpaired) electrons. The Hall–Kier alpha value is -1.65. The van der Waals surface area contributed by atoms with Crippen LogP contribution in [0.15, 0.2) is 58.8 Å². The van der Waals surface area contributed by atoms with Crippen molar-refractivity contribution in [3.63, 3.8) is 0 Å². The first-order chi connectivity index (χ1) is 10.4. The van der Waals surface area contributed by atoms with Gasteiger partial charge in [0.25, 0.3) is 5.91 Å². The highest BCUT2D eigenvalue weighted by Crippen LogP contribution is 2.49. The Morgan fingerprint density at radius 1 is 0.857 bits per heavy atom. The van der Waals surface area contributed by atoms with Crippen LogP contribution < -0.4 is 4.90 Å². The van der Waals surface area contributed by atoms with E-state index in [4.69, 9.17) is 0 Å². The highest BCUT2D eigenvalue weighted by atomic mass is 32.2. The number of hydrogen-bond donors (Lipinski definition) is 0. The monoisotopic (exact) mass is 311 g/mol. The molecule has 4 rings (SSSR count). The van der Waals surface area contributed by atoms with Crippen molar-refractivity contribution in [2.45, 2.75) is 0 Å². The van der Waals surface area contributed by atoms with E-state index in [0.717, 1.165) is 34.0 Å². The summed E-state index contributed by atoms with van der Waals surface area (Å²) < 4.78 is 1.17. The minimum absolute atomic E-state index is 0.0966. The van der Waals surface area contributed by atoms with Crippen LogP contribution in [-0.4, -0.2) is 17.4 Å². The number of fused-ring (bicyclic) bond motifs is 1. The zero-order valence-corrected chi connectivity index (χ0v) is 12.9. The van der Waals surface area contributed by atoms with Crippen LogP contribution >= 0.6 is 23.5 Å². The summed E-state index contributed by atoms with van der Waals surface area (Å²) in [6, 6.07) is 17.9. The van der Waals surface area contributed by atoms with Gasteiger partial charge >= 0.3 is 0 Å². The molecular formula is C17H13NOS2. The Kier molecular flexibility index (Phi) is 3.28. The summed E-state index contributed by atoms with van der Waals surface area (Å²) in [6.45, 7) is 0. The number of rotatable bonds is 1. The van der Waals surface area contributed by atoms with Gasteiger partial charge in [-0.3, -0.25) is 9.69 Å². The van der Waals surface area contributed by atoms with Crippen LogP contribution in [0.5, 0.6) is 0 Å². The van der Waals surface area contributed by atoms with Crippen molar-refractivity contribution in [1.29, 1.82) is 0 Å². The maximum absolute atomic E-state index is 13.0. The van der Waals surface area contributed by atoms with E-state index in [9.17, 15) is 4.79 Å². The van der Waals surface area contributed by atoms with Crippen LogP contribution in [0.3, 0.4) is 0 Å². The third kappa shape index (κ3) is 2.10. The average molecular weight is 311 g/mol. The molecular weight excluding hydrogens is 298 g/mol. The van der Waals surface area contributed by atoms with Gasteiger partial charge in [-0.15, -0.1) is 23.5 Å². The molecule has 21 heavy (non-hydrogen) atoms. The van der Waals surface area contributed by atoms with Crippen LogP contribution in [0.2, 0.25) is 0 Å². The van der Waals surface area contributed by atoms with Crippen molar-refractivity contribution >= 4 is 46.4 Å². The fourth-order valence-corrected chi connectivity index (χ4v) is 5.26. The molecule has 0 saturated carbocycles. The minimum Gasteiger partial charge on any atom is -0.276 e. The standard InChI is InChI=1S/C17H13NOS2/c19-16-15(17-20-10-11-21-17)13-8-4-5-9-14(13)18(16)12-6-2-1-3-7-12/h1-9H,10-11H2. The number of carbonyl (C=O) groups excluding carboxylic acids is 1. The van der Waals surface area contributed by atoms with Crippen molar-refractivity contribution < 1.29 is 4.79 Å². The number of para-hydroxylation sites is 2. The van der Waals surface area contributed by atoms with Crippen LogP contribution in [0.25, 0.3) is 5.57 Å². The number of carbonyl (C=O) groups is 1. The topological polar surface area (TPSA) is 20.3 Å². The molecule has 0 spiro atoms. The van der Waals surface area contributed by atoms with E-state index in [0.29, 0.717) is 0 Å². The summed E-state index contributed by atoms with van der Waals surface area (Å²) in [6.07, 6.45) is 0. The van der Waals surface area contributed by atoms with Crippen LogP contribution in [0.4, 0.5) is 11.4 Å². The molecule has 2 aromatic carbocycles. The summed E-state index contributed by atoms with van der Waals surface area (Å²) in [5, 5.41) is 0. The zero-order chi connectivity index (χ0) is 14.2. The zero-order valence-electron chi connectivity index (χ0n) is 11.3. The van der Waals surface area contributed by atoms with E-state index < -0.39 is 0 Å². The molecule has 4 heteroatoms. The molecule has 104 valence electrons. The number of anilines is 2. The first kappa shape index (κ1) is 13.0. The van der Waals surface area contributed by atoms with Crippen LogP contribution in [-0.2, 0) is 4.79 Å². The van der Waals surface area contributed by atoms with E-state index in [2.05, 4.69) is 6.07 Å². The maximum atomic E-state index is 13.0. The number of amides is 1. The lowest BCUT2D eigenvalue weighted by molar-refractivity contribution is -0.112. The largest absolute Gasteiger partial charge is 0.276 e. The van der Waals surface area contributed by atoms with E-state index in [1.54, 1.807) is 23.5 Å². The van der Waals surface area contributed by atoms with Gasteiger partial charge in [0, 0.05) is 22.8 Å². The highest BCUT2D eigenvalue weighted by Gasteiger charge is 2.36. The van der Waals surface area contributed by atoms with Gasteiger partial charge in [0.2, 0.25) is 0 Å².